The van der Waals surface area contributed by atoms with Crippen LogP contribution < -0.4 is 0 Å². The molecule has 0 aliphatic rings. The lowest BCUT2D eigenvalue weighted by molar-refractivity contribution is -0.132. The Bertz CT molecular complexity index is 553. The molecule has 0 amide bonds. The van der Waals surface area contributed by atoms with Gasteiger partial charge < -0.3 is 29.8 Å². The lowest BCUT2D eigenvalue weighted by atomic mass is 10.4. The molecular formula is C10H17NO10P2. The van der Waals surface area contributed by atoms with Crippen LogP contribution in [0.15, 0.2) is 24.3 Å². The highest BCUT2D eigenvalue weighted by Crippen LogP contribution is 2.70. The Labute approximate surface area is 130 Å². The molecule has 11 nitrogen and oxygen atoms in total. The van der Waals surface area contributed by atoms with E-state index < -0.39 is 45.2 Å². The zero-order valence-corrected chi connectivity index (χ0v) is 13.7. The zero-order chi connectivity index (χ0) is 18.5. The van der Waals surface area contributed by atoms with E-state index in [4.69, 9.17) is 10.2 Å². The van der Waals surface area contributed by atoms with Gasteiger partial charge in [0.15, 0.2) is 0 Å². The molecule has 0 saturated carbocycles. The molecule has 23 heavy (non-hydrogen) atoms. The van der Waals surface area contributed by atoms with Gasteiger partial charge in [0.05, 0.1) is 0 Å². The SMILES string of the molecule is CC(N(CC=CC(=O)O)CC=CC(=O)O)(P(=O)(O)O)P(=O)(O)O. The highest BCUT2D eigenvalue weighted by atomic mass is 31.2. The van der Waals surface area contributed by atoms with Crippen molar-refractivity contribution in [2.24, 2.45) is 0 Å². The Morgan fingerprint density at radius 1 is 0.913 bits per heavy atom. The number of nitrogens with zero attached hydrogens (tertiary/aromatic N) is 1. The van der Waals surface area contributed by atoms with Crippen molar-refractivity contribution in [2.45, 2.75) is 11.9 Å². The molecule has 0 aromatic heterocycles. The number of aliphatic carboxylic acids is 2. The van der Waals surface area contributed by atoms with Crippen LogP contribution >= 0.6 is 15.2 Å². The molecule has 0 aliphatic heterocycles. The molecule has 0 spiro atoms. The Balaban J connectivity index is 5.84. The fraction of sp³-hybridized carbons (Fsp3) is 0.400. The summed E-state index contributed by atoms with van der Waals surface area (Å²) in [5, 5.41) is 14.0. The van der Waals surface area contributed by atoms with Gasteiger partial charge in [0.1, 0.15) is 0 Å². The smallest absolute Gasteiger partial charge is 0.357 e. The minimum absolute atomic E-state index is 0.553. The average Bonchev–Trinajstić information content (AvgIpc) is 2.32. The fourth-order valence-corrected chi connectivity index (χ4v) is 3.94. The van der Waals surface area contributed by atoms with Gasteiger partial charge in [0, 0.05) is 25.2 Å². The van der Waals surface area contributed by atoms with Gasteiger partial charge in [0.2, 0.25) is 5.02 Å². The highest BCUT2D eigenvalue weighted by molar-refractivity contribution is 7.72. The first-order chi connectivity index (χ1) is 10.2. The van der Waals surface area contributed by atoms with Crippen molar-refractivity contribution in [3.8, 4) is 0 Å². The number of hydrogen-bond donors (Lipinski definition) is 6. The molecule has 0 radical (unpaired) electrons. The molecule has 0 unspecified atom stereocenters. The largest absolute Gasteiger partial charge is 0.478 e. The van der Waals surface area contributed by atoms with E-state index in [1.807, 2.05) is 0 Å². The van der Waals surface area contributed by atoms with Crippen LogP contribution in [-0.4, -0.2) is 64.7 Å². The maximum absolute atomic E-state index is 11.6. The van der Waals surface area contributed by atoms with Crippen molar-refractivity contribution < 1.29 is 48.5 Å². The zero-order valence-electron chi connectivity index (χ0n) is 11.9. The molecule has 0 aromatic carbocycles. The first-order valence-electron chi connectivity index (χ1n) is 5.88. The van der Waals surface area contributed by atoms with Crippen LogP contribution in [0.2, 0.25) is 0 Å². The molecule has 0 fully saturated rings. The predicted octanol–water partition coefficient (Wildman–Crippen LogP) is -0.401. The van der Waals surface area contributed by atoms with Gasteiger partial charge in [0.25, 0.3) is 0 Å². The van der Waals surface area contributed by atoms with E-state index in [1.165, 1.54) is 0 Å². The molecular weight excluding hydrogens is 356 g/mol. The lowest BCUT2D eigenvalue weighted by Crippen LogP contribution is -2.46. The van der Waals surface area contributed by atoms with Crippen molar-refractivity contribution in [3.63, 3.8) is 0 Å². The van der Waals surface area contributed by atoms with E-state index >= 15 is 0 Å². The maximum atomic E-state index is 11.6. The van der Waals surface area contributed by atoms with Crippen molar-refractivity contribution in [1.29, 1.82) is 0 Å². The molecule has 0 rings (SSSR count). The number of carboxylic acids is 2. The molecule has 0 atom stereocenters. The predicted molar refractivity (Wildman–Crippen MR) is 77.6 cm³/mol. The van der Waals surface area contributed by atoms with Crippen molar-refractivity contribution >= 4 is 27.1 Å². The molecule has 0 heterocycles. The lowest BCUT2D eigenvalue weighted by Gasteiger charge is -2.40. The van der Waals surface area contributed by atoms with Crippen LogP contribution in [-0.2, 0) is 18.7 Å². The van der Waals surface area contributed by atoms with E-state index in [2.05, 4.69) is 0 Å². The molecule has 0 bridgehead atoms. The van der Waals surface area contributed by atoms with E-state index in [0.29, 0.717) is 24.0 Å². The number of carbonyl (C=O) groups is 2. The van der Waals surface area contributed by atoms with Crippen molar-refractivity contribution in [1.82, 2.24) is 4.90 Å². The number of hydrogen-bond acceptors (Lipinski definition) is 5. The van der Waals surface area contributed by atoms with E-state index in [0.717, 1.165) is 12.2 Å². The van der Waals surface area contributed by atoms with Gasteiger partial charge in [-0.3, -0.25) is 14.0 Å². The Morgan fingerprint density at radius 2 is 1.22 bits per heavy atom. The number of rotatable bonds is 9. The van der Waals surface area contributed by atoms with Gasteiger partial charge in [-0.25, -0.2) is 9.59 Å². The summed E-state index contributed by atoms with van der Waals surface area (Å²) in [6.07, 6.45) is 3.07. The summed E-state index contributed by atoms with van der Waals surface area (Å²) >= 11 is 0. The van der Waals surface area contributed by atoms with Gasteiger partial charge in [-0.15, -0.1) is 0 Å². The molecule has 0 aliphatic carbocycles. The van der Waals surface area contributed by atoms with Gasteiger partial charge in [-0.1, -0.05) is 12.2 Å². The first kappa shape index (κ1) is 21.7. The molecule has 0 saturated heterocycles. The summed E-state index contributed by atoms with van der Waals surface area (Å²) in [4.78, 5) is 58.9. The summed E-state index contributed by atoms with van der Waals surface area (Å²) in [7, 11) is -10.8. The Hall–Kier alpha value is -1.32. The second kappa shape index (κ2) is 7.98. The van der Waals surface area contributed by atoms with Crippen LogP contribution in [0.25, 0.3) is 0 Å². The van der Waals surface area contributed by atoms with Crippen LogP contribution in [0.1, 0.15) is 6.92 Å². The summed E-state index contributed by atoms with van der Waals surface area (Å²) < 4.78 is 23.2. The van der Waals surface area contributed by atoms with Crippen molar-refractivity contribution in [3.05, 3.63) is 24.3 Å². The third-order valence-electron chi connectivity index (χ3n) is 2.88. The Morgan fingerprint density at radius 3 is 1.43 bits per heavy atom. The fourth-order valence-electron chi connectivity index (χ4n) is 1.52. The Kier molecular flexibility index (Phi) is 7.52. The van der Waals surface area contributed by atoms with Crippen LogP contribution in [0.5, 0.6) is 0 Å². The second-order valence-electron chi connectivity index (χ2n) is 4.45. The standard InChI is InChI=1S/C10H17NO10P2/c1-10(22(16,17)18,23(19,20)21)11(6-2-4-8(12)13)7-3-5-9(14)15/h2-5H,6-7H2,1H3,(H,12,13)(H,14,15)(H2,16,17,18)(H2,19,20,21). The van der Waals surface area contributed by atoms with Crippen LogP contribution in [0.4, 0.5) is 0 Å². The topological polar surface area (TPSA) is 193 Å². The maximum Gasteiger partial charge on any atom is 0.357 e. The van der Waals surface area contributed by atoms with E-state index in [9.17, 15) is 38.3 Å². The van der Waals surface area contributed by atoms with Gasteiger partial charge in [-0.05, 0) is 6.92 Å². The van der Waals surface area contributed by atoms with Crippen LogP contribution in [0, 0.1) is 0 Å². The van der Waals surface area contributed by atoms with Gasteiger partial charge >= 0.3 is 27.1 Å². The number of carboxylic acid groups (broad SMARTS) is 2. The molecule has 132 valence electrons. The average molecular weight is 373 g/mol. The minimum Gasteiger partial charge on any atom is -0.478 e. The minimum atomic E-state index is -5.39. The van der Waals surface area contributed by atoms with Crippen molar-refractivity contribution in [2.75, 3.05) is 13.1 Å². The van der Waals surface area contributed by atoms with E-state index in [1.54, 1.807) is 0 Å². The summed E-state index contributed by atoms with van der Waals surface area (Å²) in [6, 6.07) is 0. The molecule has 0 aromatic rings. The first-order valence-corrected chi connectivity index (χ1v) is 9.11. The molecule has 13 heteroatoms. The second-order valence-corrected chi connectivity index (χ2v) is 8.72. The summed E-state index contributed by atoms with van der Waals surface area (Å²) in [5.74, 6) is -2.75. The highest BCUT2D eigenvalue weighted by Gasteiger charge is 2.59. The quantitative estimate of drug-likeness (QED) is 0.227. The monoisotopic (exact) mass is 373 g/mol. The van der Waals surface area contributed by atoms with E-state index in [-0.39, 0.29) is 0 Å². The summed E-state index contributed by atoms with van der Waals surface area (Å²) in [6.45, 7) is -0.482. The third-order valence-corrected chi connectivity index (χ3v) is 7.21. The third kappa shape index (κ3) is 6.00. The van der Waals surface area contributed by atoms with Gasteiger partial charge in [-0.2, -0.15) is 0 Å². The molecule has 6 N–H and O–H groups in total. The van der Waals surface area contributed by atoms with Crippen LogP contribution in [0.3, 0.4) is 0 Å². The normalized spacial score (nSPS) is 14.0. The summed E-state index contributed by atoms with van der Waals surface area (Å²) in [5.41, 5.74) is 0.